The molecule has 1 aromatic heterocycles. The van der Waals surface area contributed by atoms with E-state index in [2.05, 4.69) is 10.3 Å². The highest BCUT2D eigenvalue weighted by Crippen LogP contribution is 2.24. The number of imide groups is 1. The number of amides is 2. The van der Waals surface area contributed by atoms with E-state index in [9.17, 15) is 9.59 Å². The molecule has 1 atom stereocenters. The van der Waals surface area contributed by atoms with Crippen LogP contribution >= 0.6 is 0 Å². The van der Waals surface area contributed by atoms with Crippen molar-refractivity contribution in [1.82, 2.24) is 10.3 Å². The lowest BCUT2D eigenvalue weighted by Crippen LogP contribution is -2.39. The van der Waals surface area contributed by atoms with Crippen LogP contribution in [-0.2, 0) is 9.59 Å². The summed E-state index contributed by atoms with van der Waals surface area (Å²) < 4.78 is 0. The van der Waals surface area contributed by atoms with Crippen LogP contribution in [0.15, 0.2) is 18.3 Å². The third-order valence-corrected chi connectivity index (χ3v) is 2.56. The predicted octanol–water partition coefficient (Wildman–Crippen LogP) is 1.94. The summed E-state index contributed by atoms with van der Waals surface area (Å²) in [7, 11) is 0. The number of rotatable bonds is 1. The summed E-state index contributed by atoms with van der Waals surface area (Å²) in [5, 5.41) is 2.35. The fourth-order valence-electron chi connectivity index (χ4n) is 1.80. The van der Waals surface area contributed by atoms with Crippen molar-refractivity contribution < 1.29 is 9.59 Å². The van der Waals surface area contributed by atoms with Crippen LogP contribution in [0.2, 0.25) is 0 Å². The monoisotopic (exact) mass is 234 g/mol. The molecule has 1 fully saturated rings. The molecule has 0 saturated carbocycles. The Labute approximate surface area is 101 Å². The van der Waals surface area contributed by atoms with Crippen LogP contribution < -0.4 is 5.32 Å². The number of aromatic nitrogens is 1. The highest BCUT2D eigenvalue weighted by Gasteiger charge is 2.27. The van der Waals surface area contributed by atoms with Gasteiger partial charge in [0.05, 0.1) is 5.92 Å². The van der Waals surface area contributed by atoms with Gasteiger partial charge in [0, 0.05) is 18.3 Å². The summed E-state index contributed by atoms with van der Waals surface area (Å²) in [6.45, 7) is 5.88. The van der Waals surface area contributed by atoms with Crippen molar-refractivity contribution in [2.45, 2.75) is 39.5 Å². The summed E-state index contributed by atoms with van der Waals surface area (Å²) >= 11 is 0. The molecule has 4 heteroatoms. The molecule has 1 aromatic rings. The van der Waals surface area contributed by atoms with E-state index in [1.807, 2.05) is 32.9 Å². The molecule has 2 rings (SSSR count). The van der Waals surface area contributed by atoms with Gasteiger partial charge >= 0.3 is 0 Å². The lowest BCUT2D eigenvalue weighted by Gasteiger charge is -2.20. The topological polar surface area (TPSA) is 59.1 Å². The second-order valence-corrected chi connectivity index (χ2v) is 3.73. The van der Waals surface area contributed by atoms with Crippen LogP contribution in [0.1, 0.15) is 43.9 Å². The molecule has 1 aliphatic heterocycles. The number of nitrogens with zero attached hydrogens (tertiary/aromatic N) is 1. The van der Waals surface area contributed by atoms with Gasteiger partial charge in [-0.15, -0.1) is 0 Å². The molecule has 0 aromatic carbocycles. The van der Waals surface area contributed by atoms with E-state index in [4.69, 9.17) is 0 Å². The number of carbonyl (C=O) groups excluding carboxylic acids is 2. The van der Waals surface area contributed by atoms with Crippen molar-refractivity contribution in [3.05, 3.63) is 29.6 Å². The van der Waals surface area contributed by atoms with Gasteiger partial charge in [0.2, 0.25) is 11.8 Å². The summed E-state index contributed by atoms with van der Waals surface area (Å²) in [6, 6.07) is 3.72. The minimum absolute atomic E-state index is 0.179. The van der Waals surface area contributed by atoms with Gasteiger partial charge in [-0.3, -0.25) is 19.9 Å². The zero-order valence-corrected chi connectivity index (χ0v) is 10.5. The van der Waals surface area contributed by atoms with Gasteiger partial charge in [-0.1, -0.05) is 13.8 Å². The molecule has 1 unspecified atom stereocenters. The van der Waals surface area contributed by atoms with Crippen LogP contribution in [0.5, 0.6) is 0 Å². The molecule has 92 valence electrons. The number of nitrogens with one attached hydrogen (secondary N) is 1. The van der Waals surface area contributed by atoms with Gasteiger partial charge in [0.25, 0.3) is 0 Å². The van der Waals surface area contributed by atoms with Gasteiger partial charge in [-0.05, 0) is 31.0 Å². The second kappa shape index (κ2) is 6.13. The van der Waals surface area contributed by atoms with Gasteiger partial charge in [-0.25, -0.2) is 0 Å². The highest BCUT2D eigenvalue weighted by atomic mass is 16.2. The van der Waals surface area contributed by atoms with Crippen LogP contribution in [0.3, 0.4) is 0 Å². The summed E-state index contributed by atoms with van der Waals surface area (Å²) in [5.74, 6) is -0.580. The molecule has 1 aliphatic rings. The Morgan fingerprint density at radius 3 is 2.65 bits per heavy atom. The Bertz CT molecular complexity index is 416. The first-order valence-corrected chi connectivity index (χ1v) is 5.93. The first-order chi connectivity index (χ1) is 8.16. The molecular weight excluding hydrogens is 216 g/mol. The normalized spacial score (nSPS) is 19.1. The SMILES string of the molecule is CC.Cc1cc(C2CCC(=O)NC2=O)ccn1. The molecule has 1 N–H and O–H groups in total. The highest BCUT2D eigenvalue weighted by molar-refractivity contribution is 6.00. The van der Waals surface area contributed by atoms with Crippen molar-refractivity contribution in [1.29, 1.82) is 0 Å². The van der Waals surface area contributed by atoms with Crippen LogP contribution in [0.25, 0.3) is 0 Å². The maximum atomic E-state index is 11.6. The Balaban J connectivity index is 0.000000686. The fraction of sp³-hybridized carbons (Fsp3) is 0.462. The number of carbonyl (C=O) groups is 2. The van der Waals surface area contributed by atoms with E-state index in [0.29, 0.717) is 12.8 Å². The van der Waals surface area contributed by atoms with Gasteiger partial charge in [-0.2, -0.15) is 0 Å². The van der Waals surface area contributed by atoms with Crippen LogP contribution in [-0.4, -0.2) is 16.8 Å². The van der Waals surface area contributed by atoms with Crippen molar-refractivity contribution >= 4 is 11.8 Å². The molecule has 0 spiro atoms. The summed E-state index contributed by atoms with van der Waals surface area (Å²) in [4.78, 5) is 26.6. The minimum Gasteiger partial charge on any atom is -0.296 e. The van der Waals surface area contributed by atoms with E-state index in [1.54, 1.807) is 6.20 Å². The Hall–Kier alpha value is -1.71. The van der Waals surface area contributed by atoms with Crippen LogP contribution in [0, 0.1) is 6.92 Å². The fourth-order valence-corrected chi connectivity index (χ4v) is 1.80. The molecule has 0 aliphatic carbocycles. The lowest BCUT2D eigenvalue weighted by molar-refractivity contribution is -0.134. The maximum absolute atomic E-state index is 11.6. The molecule has 2 heterocycles. The molecule has 17 heavy (non-hydrogen) atoms. The molecule has 0 radical (unpaired) electrons. The van der Waals surface area contributed by atoms with Crippen molar-refractivity contribution in [3.63, 3.8) is 0 Å². The van der Waals surface area contributed by atoms with Crippen molar-refractivity contribution in [3.8, 4) is 0 Å². The second-order valence-electron chi connectivity index (χ2n) is 3.73. The van der Waals surface area contributed by atoms with E-state index in [-0.39, 0.29) is 17.7 Å². The Kier molecular flexibility index (Phi) is 4.82. The number of aryl methyl sites for hydroxylation is 1. The zero-order valence-electron chi connectivity index (χ0n) is 10.5. The zero-order chi connectivity index (χ0) is 12.8. The smallest absolute Gasteiger partial charge is 0.234 e. The molecule has 1 saturated heterocycles. The van der Waals surface area contributed by atoms with Crippen LogP contribution in [0.4, 0.5) is 0 Å². The minimum atomic E-state index is -0.204. The predicted molar refractivity (Wildman–Crippen MR) is 65.4 cm³/mol. The average molecular weight is 234 g/mol. The lowest BCUT2D eigenvalue weighted by atomic mass is 9.91. The maximum Gasteiger partial charge on any atom is 0.234 e. The number of pyridine rings is 1. The average Bonchev–Trinajstić information content (AvgIpc) is 2.31. The number of hydrogen-bond acceptors (Lipinski definition) is 3. The molecule has 0 bridgehead atoms. The largest absolute Gasteiger partial charge is 0.296 e. The first-order valence-electron chi connectivity index (χ1n) is 5.93. The van der Waals surface area contributed by atoms with E-state index in [0.717, 1.165) is 11.3 Å². The van der Waals surface area contributed by atoms with E-state index in [1.165, 1.54) is 0 Å². The quantitative estimate of drug-likeness (QED) is 0.755. The molecule has 2 amide bonds. The van der Waals surface area contributed by atoms with Crippen molar-refractivity contribution in [2.75, 3.05) is 0 Å². The first kappa shape index (κ1) is 13.4. The summed E-state index contributed by atoms with van der Waals surface area (Å²) in [6.07, 6.45) is 2.69. The van der Waals surface area contributed by atoms with Crippen molar-refractivity contribution in [2.24, 2.45) is 0 Å². The van der Waals surface area contributed by atoms with E-state index >= 15 is 0 Å². The van der Waals surface area contributed by atoms with Gasteiger partial charge in [0.15, 0.2) is 0 Å². The third kappa shape index (κ3) is 3.37. The standard InChI is InChI=1S/C11H12N2O2.C2H6/c1-7-6-8(4-5-12-7)9-2-3-10(14)13-11(9)15;1-2/h4-6,9H,2-3H2,1H3,(H,13,14,15);1-2H3. The Morgan fingerprint density at radius 1 is 1.35 bits per heavy atom. The number of piperidine rings is 1. The third-order valence-electron chi connectivity index (χ3n) is 2.56. The molecular formula is C13H18N2O2. The van der Waals surface area contributed by atoms with E-state index < -0.39 is 0 Å². The number of hydrogen-bond donors (Lipinski definition) is 1. The van der Waals surface area contributed by atoms with Gasteiger partial charge in [0.1, 0.15) is 0 Å². The summed E-state index contributed by atoms with van der Waals surface area (Å²) in [5.41, 5.74) is 1.82. The van der Waals surface area contributed by atoms with Gasteiger partial charge < -0.3 is 0 Å². The Morgan fingerprint density at radius 2 is 2.06 bits per heavy atom. The molecule has 4 nitrogen and oxygen atoms in total.